The first-order chi connectivity index (χ1) is 13.4. The summed E-state index contributed by atoms with van der Waals surface area (Å²) in [6.07, 6.45) is 1.55. The molecule has 28 heavy (non-hydrogen) atoms. The van der Waals surface area contributed by atoms with E-state index in [-0.39, 0.29) is 42.6 Å². The Kier molecular flexibility index (Phi) is 6.02. The molecule has 148 valence electrons. The highest BCUT2D eigenvalue weighted by Gasteiger charge is 2.30. The Hall–Kier alpha value is -2.82. The van der Waals surface area contributed by atoms with E-state index in [9.17, 15) is 18.5 Å². The minimum absolute atomic E-state index is 0.167. The average molecular weight is 404 g/mol. The van der Waals surface area contributed by atoms with E-state index in [1.807, 2.05) is 31.2 Å². The van der Waals surface area contributed by atoms with Crippen molar-refractivity contribution in [3.63, 3.8) is 0 Å². The van der Waals surface area contributed by atoms with Crippen LogP contribution in [0.25, 0.3) is 0 Å². The predicted molar refractivity (Wildman–Crippen MR) is 105 cm³/mol. The maximum Gasteiger partial charge on any atom is 0.270 e. The number of nitrogens with one attached hydrogen (secondary N) is 1. The Morgan fingerprint density at radius 3 is 2.50 bits per heavy atom. The lowest BCUT2D eigenvalue weighted by Gasteiger charge is -2.26. The number of anilines is 1. The molecular weight excluding hydrogens is 384 g/mol. The van der Waals surface area contributed by atoms with Gasteiger partial charge in [-0.25, -0.2) is 8.42 Å². The zero-order valence-corrected chi connectivity index (χ0v) is 16.1. The van der Waals surface area contributed by atoms with Crippen molar-refractivity contribution in [2.45, 2.75) is 11.8 Å². The molecule has 1 fully saturated rings. The van der Waals surface area contributed by atoms with Crippen molar-refractivity contribution in [3.8, 4) is 0 Å². The second-order valence-electron chi connectivity index (χ2n) is 6.23. The number of non-ortho nitro benzene ring substituents is 1. The third kappa shape index (κ3) is 4.53. The molecule has 0 amide bonds. The molecule has 1 N–H and O–H groups in total. The number of sulfonamides is 1. The molecule has 1 heterocycles. The summed E-state index contributed by atoms with van der Waals surface area (Å²) in [6, 6.07) is 11.3. The van der Waals surface area contributed by atoms with E-state index in [2.05, 4.69) is 10.5 Å². The fourth-order valence-corrected chi connectivity index (χ4v) is 4.25. The summed E-state index contributed by atoms with van der Waals surface area (Å²) in [5.41, 5.74) is 4.50. The largest absolute Gasteiger partial charge is 0.379 e. The molecule has 2 aromatic carbocycles. The first-order valence-corrected chi connectivity index (χ1v) is 10.0. The number of hydrogen-bond donors (Lipinski definition) is 1. The van der Waals surface area contributed by atoms with Gasteiger partial charge < -0.3 is 4.74 Å². The number of ether oxygens (including phenoxy) is 1. The van der Waals surface area contributed by atoms with Crippen LogP contribution in [0.15, 0.2) is 52.5 Å². The van der Waals surface area contributed by atoms with Crippen LogP contribution in [-0.2, 0) is 14.8 Å². The quantitative estimate of drug-likeness (QED) is 0.449. The fourth-order valence-electron chi connectivity index (χ4n) is 2.69. The van der Waals surface area contributed by atoms with Crippen molar-refractivity contribution in [1.29, 1.82) is 0 Å². The second kappa shape index (κ2) is 8.46. The highest BCUT2D eigenvalue weighted by atomic mass is 32.2. The molecule has 2 aromatic rings. The molecule has 3 rings (SSSR count). The van der Waals surface area contributed by atoms with Gasteiger partial charge in [0.1, 0.15) is 4.90 Å². The molecule has 9 nitrogen and oxygen atoms in total. The van der Waals surface area contributed by atoms with Crippen LogP contribution in [0.5, 0.6) is 0 Å². The number of aryl methyl sites for hydroxylation is 1. The molecule has 1 aliphatic rings. The summed E-state index contributed by atoms with van der Waals surface area (Å²) in [4.78, 5) is 10.3. The first kappa shape index (κ1) is 19.9. The van der Waals surface area contributed by atoms with Gasteiger partial charge in [0.15, 0.2) is 0 Å². The van der Waals surface area contributed by atoms with E-state index in [0.717, 1.165) is 17.2 Å². The fraction of sp³-hybridized carbons (Fsp3) is 0.278. The van der Waals surface area contributed by atoms with Gasteiger partial charge in [-0.3, -0.25) is 15.5 Å². The summed E-state index contributed by atoms with van der Waals surface area (Å²) in [5, 5.41) is 15.2. The average Bonchev–Trinajstić information content (AvgIpc) is 2.70. The number of nitrogens with zero attached hydrogens (tertiary/aromatic N) is 3. The molecule has 0 radical (unpaired) electrons. The number of morpholine rings is 1. The number of rotatable bonds is 6. The van der Waals surface area contributed by atoms with Gasteiger partial charge in [-0.05, 0) is 18.6 Å². The van der Waals surface area contributed by atoms with Crippen LogP contribution < -0.4 is 5.43 Å². The minimum atomic E-state index is -3.94. The number of hydrogen-bond acceptors (Lipinski definition) is 7. The Labute approximate surface area is 162 Å². The normalized spacial score (nSPS) is 15.6. The van der Waals surface area contributed by atoms with Crippen molar-refractivity contribution in [3.05, 3.63) is 63.7 Å². The third-order valence-electron chi connectivity index (χ3n) is 4.24. The Morgan fingerprint density at radius 2 is 1.86 bits per heavy atom. The van der Waals surface area contributed by atoms with E-state index >= 15 is 0 Å². The minimum Gasteiger partial charge on any atom is -0.379 e. The van der Waals surface area contributed by atoms with Crippen LogP contribution in [0, 0.1) is 17.0 Å². The van der Waals surface area contributed by atoms with E-state index in [0.29, 0.717) is 0 Å². The molecule has 1 saturated heterocycles. The van der Waals surface area contributed by atoms with Gasteiger partial charge in [0.2, 0.25) is 10.0 Å². The van der Waals surface area contributed by atoms with Crippen molar-refractivity contribution in [2.24, 2.45) is 5.10 Å². The molecule has 0 aromatic heterocycles. The molecular formula is C18H20N4O5S. The highest BCUT2D eigenvalue weighted by molar-refractivity contribution is 7.89. The van der Waals surface area contributed by atoms with Crippen LogP contribution >= 0.6 is 0 Å². The van der Waals surface area contributed by atoms with Gasteiger partial charge in [-0.2, -0.15) is 9.41 Å². The van der Waals surface area contributed by atoms with Crippen molar-refractivity contribution in [2.75, 3.05) is 31.7 Å². The van der Waals surface area contributed by atoms with Crippen LogP contribution in [0.4, 0.5) is 11.4 Å². The van der Waals surface area contributed by atoms with E-state index < -0.39 is 14.9 Å². The lowest BCUT2D eigenvalue weighted by Crippen LogP contribution is -2.40. The van der Waals surface area contributed by atoms with Gasteiger partial charge in [0, 0.05) is 25.2 Å². The summed E-state index contributed by atoms with van der Waals surface area (Å²) in [6.45, 7) is 2.91. The van der Waals surface area contributed by atoms with Crippen molar-refractivity contribution >= 4 is 27.6 Å². The van der Waals surface area contributed by atoms with Crippen LogP contribution in [0.1, 0.15) is 11.1 Å². The number of benzene rings is 2. The number of nitro benzene ring substituents is 1. The van der Waals surface area contributed by atoms with Gasteiger partial charge in [-0.15, -0.1) is 0 Å². The summed E-state index contributed by atoms with van der Waals surface area (Å²) >= 11 is 0. The molecule has 0 spiro atoms. The first-order valence-electron chi connectivity index (χ1n) is 8.60. The van der Waals surface area contributed by atoms with Crippen LogP contribution in [0.2, 0.25) is 0 Å². The summed E-state index contributed by atoms with van der Waals surface area (Å²) < 4.78 is 32.5. The number of nitro groups is 1. The Morgan fingerprint density at radius 1 is 1.18 bits per heavy atom. The maximum atomic E-state index is 13.0. The maximum absolute atomic E-state index is 13.0. The Balaban J connectivity index is 1.91. The second-order valence-corrected chi connectivity index (χ2v) is 8.14. The Bertz CT molecular complexity index is 984. The van der Waals surface area contributed by atoms with Gasteiger partial charge >= 0.3 is 0 Å². The molecule has 0 atom stereocenters. The zero-order chi connectivity index (χ0) is 20.1. The molecule has 0 saturated carbocycles. The highest BCUT2D eigenvalue weighted by Crippen LogP contribution is 2.29. The van der Waals surface area contributed by atoms with E-state index in [4.69, 9.17) is 4.74 Å². The monoisotopic (exact) mass is 404 g/mol. The van der Waals surface area contributed by atoms with Gasteiger partial charge in [0.05, 0.1) is 30.0 Å². The van der Waals surface area contributed by atoms with Gasteiger partial charge in [0.25, 0.3) is 5.69 Å². The smallest absolute Gasteiger partial charge is 0.270 e. The summed E-state index contributed by atoms with van der Waals surface area (Å²) in [5.74, 6) is 0. The third-order valence-corrected chi connectivity index (χ3v) is 6.18. The molecule has 0 aliphatic carbocycles. The standard InChI is InChI=1S/C18H20N4O5S/c1-14-2-4-15(5-3-14)13-19-20-17-7-6-16(22(23)24)12-18(17)28(25,26)21-8-10-27-11-9-21/h2-7,12-13,20H,8-11H2,1H3. The lowest BCUT2D eigenvalue weighted by molar-refractivity contribution is -0.385. The molecule has 10 heteroatoms. The predicted octanol–water partition coefficient (Wildman–Crippen LogP) is 2.37. The van der Waals surface area contributed by atoms with E-state index in [1.165, 1.54) is 16.4 Å². The molecule has 1 aliphatic heterocycles. The SMILES string of the molecule is Cc1ccc(C=NNc2ccc([N+](=O)[O-])cc2S(=O)(=O)N2CCOCC2)cc1. The topological polar surface area (TPSA) is 114 Å². The van der Waals surface area contributed by atoms with Crippen molar-refractivity contribution in [1.82, 2.24) is 4.31 Å². The van der Waals surface area contributed by atoms with Crippen molar-refractivity contribution < 1.29 is 18.1 Å². The summed E-state index contributed by atoms with van der Waals surface area (Å²) in [7, 11) is -3.94. The zero-order valence-electron chi connectivity index (χ0n) is 15.2. The molecule has 0 unspecified atom stereocenters. The molecule has 0 bridgehead atoms. The van der Waals surface area contributed by atoms with Crippen LogP contribution in [0.3, 0.4) is 0 Å². The van der Waals surface area contributed by atoms with Crippen LogP contribution in [-0.4, -0.2) is 50.2 Å². The van der Waals surface area contributed by atoms with Gasteiger partial charge in [-0.1, -0.05) is 29.8 Å². The number of hydrazone groups is 1. The van der Waals surface area contributed by atoms with E-state index in [1.54, 1.807) is 6.21 Å². The lowest BCUT2D eigenvalue weighted by atomic mass is 10.2.